The second-order valence-electron chi connectivity index (χ2n) is 4.18. The molecular formula is C14H23NO. The first kappa shape index (κ1) is 13.0. The topological polar surface area (TPSA) is 21.3 Å². The number of aryl methyl sites for hydroxylation is 1. The highest BCUT2D eigenvalue weighted by Crippen LogP contribution is 2.14. The van der Waals surface area contributed by atoms with Gasteiger partial charge >= 0.3 is 0 Å². The minimum absolute atomic E-state index is 0.575. The molecule has 1 aromatic carbocycles. The summed E-state index contributed by atoms with van der Waals surface area (Å²) < 4.78 is 5.72. The third kappa shape index (κ3) is 4.67. The van der Waals surface area contributed by atoms with Gasteiger partial charge in [-0.2, -0.15) is 0 Å². The summed E-state index contributed by atoms with van der Waals surface area (Å²) in [5.74, 6) is 0.997. The summed E-state index contributed by atoms with van der Waals surface area (Å²) in [4.78, 5) is 0. The molecule has 2 heteroatoms. The Bertz CT molecular complexity index is 299. The Morgan fingerprint density at radius 1 is 1.38 bits per heavy atom. The van der Waals surface area contributed by atoms with Crippen LogP contribution >= 0.6 is 0 Å². The maximum absolute atomic E-state index is 5.72. The molecule has 16 heavy (non-hydrogen) atoms. The number of ether oxygens (including phenoxy) is 1. The molecule has 2 nitrogen and oxygen atoms in total. The molecule has 1 aromatic rings. The van der Waals surface area contributed by atoms with E-state index in [1.807, 2.05) is 13.1 Å². The predicted octanol–water partition coefficient (Wildman–Crippen LogP) is 3.02. The Balaban J connectivity index is 2.26. The van der Waals surface area contributed by atoms with Crippen LogP contribution < -0.4 is 10.1 Å². The summed E-state index contributed by atoms with van der Waals surface area (Å²) in [5, 5.41) is 3.23. The lowest BCUT2D eigenvalue weighted by molar-refractivity contribution is 0.299. The van der Waals surface area contributed by atoms with Gasteiger partial charge in [-0.3, -0.25) is 0 Å². The van der Waals surface area contributed by atoms with E-state index in [0.717, 1.165) is 31.6 Å². The maximum Gasteiger partial charge on any atom is 0.119 e. The van der Waals surface area contributed by atoms with E-state index in [-0.39, 0.29) is 0 Å². The van der Waals surface area contributed by atoms with Crippen LogP contribution in [0, 0.1) is 0 Å². The summed E-state index contributed by atoms with van der Waals surface area (Å²) in [6.07, 6.45) is 3.32. The van der Waals surface area contributed by atoms with Gasteiger partial charge in [-0.05, 0) is 50.9 Å². The van der Waals surface area contributed by atoms with Crippen LogP contribution in [0.1, 0.15) is 32.3 Å². The first-order valence-corrected chi connectivity index (χ1v) is 6.15. The molecule has 1 N–H and O–H groups in total. The summed E-state index contributed by atoms with van der Waals surface area (Å²) in [6.45, 7) is 5.16. The molecule has 0 aromatic heterocycles. The van der Waals surface area contributed by atoms with Gasteiger partial charge in [0.1, 0.15) is 5.75 Å². The smallest absolute Gasteiger partial charge is 0.119 e. The van der Waals surface area contributed by atoms with Gasteiger partial charge in [0.2, 0.25) is 0 Å². The molecule has 0 saturated carbocycles. The van der Waals surface area contributed by atoms with Crippen molar-refractivity contribution < 1.29 is 4.74 Å². The van der Waals surface area contributed by atoms with E-state index < -0.39 is 0 Å². The molecule has 0 radical (unpaired) electrons. The lowest BCUT2D eigenvalue weighted by atomic mass is 10.1. The Morgan fingerprint density at radius 3 is 2.88 bits per heavy atom. The van der Waals surface area contributed by atoms with E-state index in [4.69, 9.17) is 4.74 Å². The zero-order valence-corrected chi connectivity index (χ0v) is 10.6. The molecule has 1 unspecified atom stereocenters. The predicted molar refractivity (Wildman–Crippen MR) is 69.1 cm³/mol. The average Bonchev–Trinajstić information content (AvgIpc) is 2.34. The maximum atomic E-state index is 5.72. The molecule has 1 rings (SSSR count). The third-order valence-electron chi connectivity index (χ3n) is 2.85. The number of nitrogens with one attached hydrogen (secondary N) is 1. The lowest BCUT2D eigenvalue weighted by Gasteiger charge is -2.11. The minimum Gasteiger partial charge on any atom is -0.494 e. The Hall–Kier alpha value is -1.02. The molecule has 0 aliphatic heterocycles. The van der Waals surface area contributed by atoms with Gasteiger partial charge in [-0.15, -0.1) is 0 Å². The van der Waals surface area contributed by atoms with E-state index in [2.05, 4.69) is 37.4 Å². The van der Waals surface area contributed by atoms with E-state index in [9.17, 15) is 0 Å². The lowest BCUT2D eigenvalue weighted by Crippen LogP contribution is -2.21. The van der Waals surface area contributed by atoms with Crippen LogP contribution in [0.25, 0.3) is 0 Å². The molecule has 0 amide bonds. The van der Waals surface area contributed by atoms with Crippen molar-refractivity contribution in [2.45, 2.75) is 39.2 Å². The Morgan fingerprint density at radius 2 is 2.19 bits per heavy atom. The van der Waals surface area contributed by atoms with Crippen molar-refractivity contribution in [1.82, 2.24) is 5.32 Å². The fourth-order valence-electron chi connectivity index (χ4n) is 1.58. The van der Waals surface area contributed by atoms with Crippen molar-refractivity contribution in [1.29, 1.82) is 0 Å². The molecule has 0 spiro atoms. The highest BCUT2D eigenvalue weighted by molar-refractivity contribution is 5.28. The quantitative estimate of drug-likeness (QED) is 0.715. The molecule has 0 aliphatic rings. The second-order valence-corrected chi connectivity index (χ2v) is 4.18. The number of benzene rings is 1. The van der Waals surface area contributed by atoms with Gasteiger partial charge in [0, 0.05) is 6.04 Å². The van der Waals surface area contributed by atoms with Gasteiger partial charge in [0.25, 0.3) is 0 Å². The summed E-state index contributed by atoms with van der Waals surface area (Å²) in [7, 11) is 2.00. The summed E-state index contributed by atoms with van der Waals surface area (Å²) in [5.41, 5.74) is 1.33. The van der Waals surface area contributed by atoms with Crippen LogP contribution in [0.3, 0.4) is 0 Å². The SMILES string of the molecule is CCc1cccc(OCCCC(C)NC)c1. The molecule has 90 valence electrons. The van der Waals surface area contributed by atoms with E-state index >= 15 is 0 Å². The average molecular weight is 221 g/mol. The first-order valence-electron chi connectivity index (χ1n) is 6.15. The fraction of sp³-hybridized carbons (Fsp3) is 0.571. The fourth-order valence-corrected chi connectivity index (χ4v) is 1.58. The summed E-state index contributed by atoms with van der Waals surface area (Å²) >= 11 is 0. The number of hydrogen-bond acceptors (Lipinski definition) is 2. The van der Waals surface area contributed by atoms with Crippen LogP contribution in [0.2, 0.25) is 0 Å². The number of hydrogen-bond donors (Lipinski definition) is 1. The normalized spacial score (nSPS) is 12.4. The first-order chi connectivity index (χ1) is 7.76. The Kier molecular flexibility index (Phi) is 5.94. The van der Waals surface area contributed by atoms with Crippen LogP contribution in [0.4, 0.5) is 0 Å². The van der Waals surface area contributed by atoms with Gasteiger partial charge < -0.3 is 10.1 Å². The molecule has 0 aliphatic carbocycles. The molecule has 1 atom stereocenters. The van der Waals surface area contributed by atoms with Crippen molar-refractivity contribution in [3.63, 3.8) is 0 Å². The van der Waals surface area contributed by atoms with Crippen LogP contribution in [0.5, 0.6) is 5.75 Å². The minimum atomic E-state index is 0.575. The molecule has 0 saturated heterocycles. The van der Waals surface area contributed by atoms with Crippen molar-refractivity contribution in [2.75, 3.05) is 13.7 Å². The van der Waals surface area contributed by atoms with Crippen molar-refractivity contribution in [3.8, 4) is 5.75 Å². The summed E-state index contributed by atoms with van der Waals surface area (Å²) in [6, 6.07) is 8.92. The zero-order valence-electron chi connectivity index (χ0n) is 10.6. The molecule has 0 bridgehead atoms. The van der Waals surface area contributed by atoms with Crippen LogP contribution in [-0.4, -0.2) is 19.7 Å². The Labute approximate surface area is 99.0 Å². The van der Waals surface area contributed by atoms with Gasteiger partial charge in [-0.1, -0.05) is 19.1 Å². The van der Waals surface area contributed by atoms with Crippen molar-refractivity contribution in [3.05, 3.63) is 29.8 Å². The largest absolute Gasteiger partial charge is 0.494 e. The standard InChI is InChI=1S/C14H23NO/c1-4-13-8-5-9-14(11-13)16-10-6-7-12(2)15-3/h5,8-9,11-12,15H,4,6-7,10H2,1-3H3. The highest BCUT2D eigenvalue weighted by atomic mass is 16.5. The highest BCUT2D eigenvalue weighted by Gasteiger charge is 1.99. The second kappa shape index (κ2) is 7.29. The van der Waals surface area contributed by atoms with Gasteiger partial charge in [0.15, 0.2) is 0 Å². The third-order valence-corrected chi connectivity index (χ3v) is 2.85. The van der Waals surface area contributed by atoms with Crippen molar-refractivity contribution in [2.24, 2.45) is 0 Å². The van der Waals surface area contributed by atoms with Crippen LogP contribution in [-0.2, 0) is 6.42 Å². The van der Waals surface area contributed by atoms with E-state index in [1.165, 1.54) is 5.56 Å². The molecule has 0 heterocycles. The van der Waals surface area contributed by atoms with Gasteiger partial charge in [0.05, 0.1) is 6.61 Å². The molecular weight excluding hydrogens is 198 g/mol. The van der Waals surface area contributed by atoms with Gasteiger partial charge in [-0.25, -0.2) is 0 Å². The van der Waals surface area contributed by atoms with Crippen molar-refractivity contribution >= 4 is 0 Å². The van der Waals surface area contributed by atoms with Crippen LogP contribution in [0.15, 0.2) is 24.3 Å². The number of rotatable bonds is 7. The monoisotopic (exact) mass is 221 g/mol. The zero-order chi connectivity index (χ0) is 11.8. The van der Waals surface area contributed by atoms with E-state index in [1.54, 1.807) is 0 Å². The van der Waals surface area contributed by atoms with E-state index in [0.29, 0.717) is 6.04 Å². The molecule has 0 fully saturated rings.